The van der Waals surface area contributed by atoms with Crippen molar-refractivity contribution in [3.8, 4) is 11.3 Å². The van der Waals surface area contributed by atoms with E-state index in [0.717, 1.165) is 68.1 Å². The van der Waals surface area contributed by atoms with Crippen LogP contribution in [0.2, 0.25) is 5.02 Å². The van der Waals surface area contributed by atoms with Crippen molar-refractivity contribution in [2.75, 3.05) is 72.4 Å². The van der Waals surface area contributed by atoms with E-state index in [2.05, 4.69) is 31.1 Å². The molecular weight excluding hydrogens is 508 g/mol. The molecule has 0 aliphatic carbocycles. The zero-order chi connectivity index (χ0) is 25.2. The second-order valence-corrected chi connectivity index (χ2v) is 11.0. The lowest BCUT2D eigenvalue weighted by molar-refractivity contribution is 0.208. The van der Waals surface area contributed by atoms with Crippen LogP contribution in [0, 0.1) is 0 Å². The van der Waals surface area contributed by atoms with Crippen LogP contribution in [0.25, 0.3) is 11.3 Å². The molecule has 0 spiro atoms. The molecule has 1 aromatic carbocycles. The van der Waals surface area contributed by atoms with E-state index in [1.807, 2.05) is 34.5 Å². The number of anilines is 4. The Hall–Kier alpha value is -3.11. The number of thiazole rings is 1. The van der Waals surface area contributed by atoms with Gasteiger partial charge in [0.25, 0.3) is 0 Å². The van der Waals surface area contributed by atoms with Crippen LogP contribution in [0.5, 0.6) is 0 Å². The molecule has 6 rings (SSSR count). The Bertz CT molecular complexity index is 1200. The molecule has 3 aliphatic rings. The maximum Gasteiger partial charge on any atom is 0.323 e. The average molecular weight is 539 g/mol. The van der Waals surface area contributed by atoms with Gasteiger partial charge >= 0.3 is 6.03 Å². The lowest BCUT2D eigenvalue weighted by Gasteiger charge is -2.35. The number of benzene rings is 1. The molecule has 3 saturated heterocycles. The predicted molar refractivity (Wildman–Crippen MR) is 150 cm³/mol. The Morgan fingerprint density at radius 2 is 1.38 bits per heavy atom. The molecule has 2 amide bonds. The molecule has 11 heteroatoms. The van der Waals surface area contributed by atoms with Crippen molar-refractivity contribution in [1.29, 1.82) is 0 Å². The van der Waals surface area contributed by atoms with Gasteiger partial charge in [0.2, 0.25) is 5.95 Å². The van der Waals surface area contributed by atoms with E-state index >= 15 is 0 Å². The molecule has 0 unspecified atom stereocenters. The van der Waals surface area contributed by atoms with Crippen LogP contribution in [0.1, 0.15) is 25.7 Å². The zero-order valence-electron chi connectivity index (χ0n) is 20.8. The Morgan fingerprint density at radius 1 is 0.784 bits per heavy atom. The van der Waals surface area contributed by atoms with Crippen molar-refractivity contribution in [1.82, 2.24) is 19.9 Å². The normalized spacial score (nSPS) is 18.1. The third-order valence-corrected chi connectivity index (χ3v) is 8.26. The van der Waals surface area contributed by atoms with Crippen LogP contribution < -0.4 is 20.0 Å². The molecule has 3 aliphatic heterocycles. The van der Waals surface area contributed by atoms with Gasteiger partial charge in [-0.1, -0.05) is 23.7 Å². The summed E-state index contributed by atoms with van der Waals surface area (Å²) in [6.07, 6.45) is 4.82. The SMILES string of the molecule is O=C(Nc1nc(-c2ccc(Cl)cc2)cs1)N1CCN(c2cc(N3CCCC3)nc(N3CCCC3)n2)CC1. The van der Waals surface area contributed by atoms with Crippen molar-refractivity contribution in [3.05, 3.63) is 40.7 Å². The molecule has 3 fully saturated rings. The Morgan fingerprint density at radius 3 is 2.03 bits per heavy atom. The minimum atomic E-state index is -0.116. The van der Waals surface area contributed by atoms with Crippen molar-refractivity contribution in [2.45, 2.75) is 25.7 Å². The molecule has 194 valence electrons. The molecule has 0 saturated carbocycles. The van der Waals surface area contributed by atoms with E-state index in [1.54, 1.807) is 0 Å². The van der Waals surface area contributed by atoms with Gasteiger partial charge in [-0.05, 0) is 37.8 Å². The molecule has 1 N–H and O–H groups in total. The largest absolute Gasteiger partial charge is 0.356 e. The summed E-state index contributed by atoms with van der Waals surface area (Å²) < 4.78 is 0. The topological polar surface area (TPSA) is 80.7 Å². The van der Waals surface area contributed by atoms with Gasteiger partial charge in [0.1, 0.15) is 11.6 Å². The van der Waals surface area contributed by atoms with E-state index in [-0.39, 0.29) is 6.03 Å². The van der Waals surface area contributed by atoms with Gasteiger partial charge in [0.05, 0.1) is 5.69 Å². The van der Waals surface area contributed by atoms with Crippen LogP contribution >= 0.6 is 22.9 Å². The fourth-order valence-electron chi connectivity index (χ4n) is 5.13. The first-order valence-electron chi connectivity index (χ1n) is 13.0. The Labute approximate surface area is 226 Å². The van der Waals surface area contributed by atoms with Gasteiger partial charge in [-0.15, -0.1) is 11.3 Å². The van der Waals surface area contributed by atoms with Crippen LogP contribution in [0.15, 0.2) is 35.7 Å². The Kier molecular flexibility index (Phi) is 7.01. The number of halogens is 1. The van der Waals surface area contributed by atoms with Gasteiger partial charge in [-0.25, -0.2) is 9.78 Å². The number of hydrogen-bond donors (Lipinski definition) is 1. The number of carbonyl (C=O) groups is 1. The minimum absolute atomic E-state index is 0.116. The fraction of sp³-hybridized carbons (Fsp3) is 0.462. The van der Waals surface area contributed by atoms with Crippen molar-refractivity contribution < 1.29 is 4.79 Å². The first-order chi connectivity index (χ1) is 18.1. The molecule has 9 nitrogen and oxygen atoms in total. The summed E-state index contributed by atoms with van der Waals surface area (Å²) in [7, 11) is 0. The third kappa shape index (κ3) is 5.45. The van der Waals surface area contributed by atoms with Crippen molar-refractivity contribution in [2.24, 2.45) is 0 Å². The van der Waals surface area contributed by atoms with E-state index in [1.165, 1.54) is 37.0 Å². The van der Waals surface area contributed by atoms with Gasteiger partial charge < -0.3 is 19.6 Å². The molecule has 5 heterocycles. The Balaban J connectivity index is 1.10. The van der Waals surface area contributed by atoms with Gasteiger partial charge in [-0.2, -0.15) is 9.97 Å². The van der Waals surface area contributed by atoms with Crippen molar-refractivity contribution >= 4 is 51.7 Å². The maximum absolute atomic E-state index is 13.0. The highest BCUT2D eigenvalue weighted by Gasteiger charge is 2.26. The van der Waals surface area contributed by atoms with Crippen molar-refractivity contribution in [3.63, 3.8) is 0 Å². The summed E-state index contributed by atoms with van der Waals surface area (Å²) in [4.78, 5) is 36.3. The van der Waals surface area contributed by atoms with Crippen LogP contribution in [-0.2, 0) is 0 Å². The summed E-state index contributed by atoms with van der Waals surface area (Å²) in [5.41, 5.74) is 1.80. The number of hydrogen-bond acceptors (Lipinski definition) is 8. The number of piperazine rings is 1. The second-order valence-electron chi connectivity index (χ2n) is 9.72. The minimum Gasteiger partial charge on any atom is -0.356 e. The molecule has 0 radical (unpaired) electrons. The lowest BCUT2D eigenvalue weighted by atomic mass is 10.2. The number of nitrogens with one attached hydrogen (secondary N) is 1. The number of rotatable bonds is 5. The van der Waals surface area contributed by atoms with E-state index in [4.69, 9.17) is 21.6 Å². The lowest BCUT2D eigenvalue weighted by Crippen LogP contribution is -2.50. The predicted octanol–water partition coefficient (Wildman–Crippen LogP) is 4.81. The highest BCUT2D eigenvalue weighted by molar-refractivity contribution is 7.14. The zero-order valence-corrected chi connectivity index (χ0v) is 22.3. The van der Waals surface area contributed by atoms with Crippen LogP contribution in [-0.4, -0.2) is 78.2 Å². The smallest absolute Gasteiger partial charge is 0.323 e. The first-order valence-corrected chi connectivity index (χ1v) is 14.3. The maximum atomic E-state index is 13.0. The number of aromatic nitrogens is 3. The standard InChI is InChI=1S/C26H31ClN8OS/c27-20-7-5-19(6-8-20)21-18-37-25(28-21)31-26(36)35-15-13-33(14-16-35)23-17-22(32-9-1-2-10-32)29-24(30-23)34-11-3-4-12-34/h5-8,17-18H,1-4,9-16H2,(H,28,31,36). The number of nitrogens with zero attached hydrogens (tertiary/aromatic N) is 7. The van der Waals surface area contributed by atoms with Crippen LogP contribution in [0.3, 0.4) is 0 Å². The molecule has 2 aromatic heterocycles. The molecular formula is C26H31ClN8OS. The van der Waals surface area contributed by atoms with E-state index in [0.29, 0.717) is 23.2 Å². The molecule has 0 bridgehead atoms. The number of carbonyl (C=O) groups excluding carboxylic acids is 1. The van der Waals surface area contributed by atoms with Crippen LogP contribution in [0.4, 0.5) is 27.5 Å². The number of amides is 2. The molecule has 0 atom stereocenters. The summed E-state index contributed by atoms with van der Waals surface area (Å²) in [6, 6.07) is 9.56. The first kappa shape index (κ1) is 24.2. The molecule has 37 heavy (non-hydrogen) atoms. The third-order valence-electron chi connectivity index (χ3n) is 7.26. The average Bonchev–Trinajstić information content (AvgIpc) is 3.72. The summed E-state index contributed by atoms with van der Waals surface area (Å²) in [5, 5.41) is 6.20. The summed E-state index contributed by atoms with van der Waals surface area (Å²) >= 11 is 7.41. The monoisotopic (exact) mass is 538 g/mol. The van der Waals surface area contributed by atoms with E-state index < -0.39 is 0 Å². The highest BCUT2D eigenvalue weighted by atomic mass is 35.5. The highest BCUT2D eigenvalue weighted by Crippen LogP contribution is 2.29. The number of urea groups is 1. The quantitative estimate of drug-likeness (QED) is 0.499. The second kappa shape index (κ2) is 10.7. The van der Waals surface area contributed by atoms with Gasteiger partial charge in [0, 0.05) is 74.4 Å². The fourth-order valence-corrected chi connectivity index (χ4v) is 5.97. The van der Waals surface area contributed by atoms with E-state index in [9.17, 15) is 4.79 Å². The summed E-state index contributed by atoms with van der Waals surface area (Å²) in [6.45, 7) is 6.88. The van der Waals surface area contributed by atoms with Gasteiger partial charge in [0.15, 0.2) is 5.13 Å². The molecule has 3 aromatic rings. The summed E-state index contributed by atoms with van der Waals surface area (Å²) in [5.74, 6) is 2.84. The van der Waals surface area contributed by atoms with Gasteiger partial charge in [-0.3, -0.25) is 5.32 Å².